The Morgan fingerprint density at radius 3 is 2.81 bits per heavy atom. The molecule has 0 spiro atoms. The molecule has 2 aromatic carbocycles. The number of nitrogen functional groups attached to an aromatic ring is 1. The maximum absolute atomic E-state index is 6.45. The van der Waals surface area contributed by atoms with Crippen LogP contribution in [0.5, 0.6) is 0 Å². The molecule has 3 aromatic heterocycles. The lowest BCUT2D eigenvalue weighted by Gasteiger charge is -2.11. The van der Waals surface area contributed by atoms with E-state index < -0.39 is 0 Å². The minimum Gasteiger partial charge on any atom is -0.383 e. The van der Waals surface area contributed by atoms with Gasteiger partial charge in [-0.3, -0.25) is 0 Å². The van der Waals surface area contributed by atoms with Gasteiger partial charge in [0.05, 0.1) is 11.8 Å². The first-order chi connectivity index (χ1) is 12.7. The second-order valence-electron chi connectivity index (χ2n) is 6.13. The Bertz CT molecular complexity index is 1250. The molecule has 0 aliphatic rings. The number of anilines is 1. The number of nitrogens with one attached hydrogen (secondary N) is 1. The molecule has 3 N–H and O–H groups in total. The lowest BCUT2D eigenvalue weighted by atomic mass is 9.98. The van der Waals surface area contributed by atoms with Gasteiger partial charge in [0.1, 0.15) is 5.82 Å². The van der Waals surface area contributed by atoms with Crippen molar-refractivity contribution in [1.29, 1.82) is 0 Å². The largest absolute Gasteiger partial charge is 0.383 e. The molecule has 0 aliphatic carbocycles. The SMILES string of the molecule is Cc1ccc2cccc(-c3cnc4c(-c5nnn[nH]5)cnn4c3N)c2c1. The number of aryl methyl sites for hydroxylation is 1. The standard InChI is InChI=1S/C18H14N8/c1-10-5-6-11-3-2-4-12(13(11)7-10)14-8-20-18-15(17-22-24-25-23-17)9-21-26(18)16(14)19/h2-9H,19H2,1H3,(H,22,23,24,25). The van der Waals surface area contributed by atoms with E-state index in [4.69, 9.17) is 5.73 Å². The van der Waals surface area contributed by atoms with Crippen molar-refractivity contribution in [2.24, 2.45) is 0 Å². The first-order valence-corrected chi connectivity index (χ1v) is 8.08. The Hall–Kier alpha value is -3.81. The topological polar surface area (TPSA) is 111 Å². The molecule has 0 aliphatic heterocycles. The van der Waals surface area contributed by atoms with Gasteiger partial charge in [0, 0.05) is 11.8 Å². The van der Waals surface area contributed by atoms with E-state index in [1.807, 2.05) is 12.1 Å². The first-order valence-electron chi connectivity index (χ1n) is 8.08. The zero-order valence-electron chi connectivity index (χ0n) is 13.9. The predicted octanol–water partition coefficient (Wildman–Crippen LogP) is 2.62. The van der Waals surface area contributed by atoms with Gasteiger partial charge in [0.25, 0.3) is 0 Å². The molecule has 5 rings (SSSR count). The summed E-state index contributed by atoms with van der Waals surface area (Å²) in [7, 11) is 0. The molecular formula is C18H14N8. The Kier molecular flexibility index (Phi) is 2.99. The highest BCUT2D eigenvalue weighted by atomic mass is 15.5. The molecule has 0 unspecified atom stereocenters. The fourth-order valence-corrected chi connectivity index (χ4v) is 3.22. The minimum absolute atomic E-state index is 0.500. The summed E-state index contributed by atoms with van der Waals surface area (Å²) in [5, 5.41) is 20.5. The molecule has 0 saturated heterocycles. The number of benzene rings is 2. The van der Waals surface area contributed by atoms with Gasteiger partial charge in [-0.1, -0.05) is 42.0 Å². The van der Waals surface area contributed by atoms with Crippen molar-refractivity contribution in [3.05, 3.63) is 54.4 Å². The molecule has 0 atom stereocenters. The monoisotopic (exact) mass is 342 g/mol. The van der Waals surface area contributed by atoms with Gasteiger partial charge < -0.3 is 5.73 Å². The zero-order chi connectivity index (χ0) is 17.7. The number of fused-ring (bicyclic) bond motifs is 2. The highest BCUT2D eigenvalue weighted by molar-refractivity contribution is 5.99. The number of hydrogen-bond acceptors (Lipinski definition) is 6. The van der Waals surface area contributed by atoms with Crippen molar-refractivity contribution in [3.8, 4) is 22.5 Å². The van der Waals surface area contributed by atoms with E-state index in [2.05, 4.69) is 61.9 Å². The van der Waals surface area contributed by atoms with Crippen LogP contribution >= 0.6 is 0 Å². The minimum atomic E-state index is 0.500. The van der Waals surface area contributed by atoms with Gasteiger partial charge in [0.15, 0.2) is 11.5 Å². The van der Waals surface area contributed by atoms with Crippen LogP contribution in [0, 0.1) is 6.92 Å². The predicted molar refractivity (Wildman–Crippen MR) is 98.3 cm³/mol. The molecule has 8 nitrogen and oxygen atoms in total. The van der Waals surface area contributed by atoms with Crippen molar-refractivity contribution in [2.75, 3.05) is 5.73 Å². The normalized spacial score (nSPS) is 11.4. The Morgan fingerprint density at radius 1 is 1.04 bits per heavy atom. The second-order valence-corrected chi connectivity index (χ2v) is 6.13. The summed E-state index contributed by atoms with van der Waals surface area (Å²) < 4.78 is 1.61. The smallest absolute Gasteiger partial charge is 0.184 e. The van der Waals surface area contributed by atoms with Crippen molar-refractivity contribution in [1.82, 2.24) is 35.2 Å². The average Bonchev–Trinajstić information content (AvgIpc) is 3.31. The molecule has 8 heteroatoms. The van der Waals surface area contributed by atoms with Crippen LogP contribution in [-0.2, 0) is 0 Å². The van der Waals surface area contributed by atoms with E-state index >= 15 is 0 Å². The van der Waals surface area contributed by atoms with Gasteiger partial charge in [-0.15, -0.1) is 5.10 Å². The lowest BCUT2D eigenvalue weighted by Crippen LogP contribution is -2.03. The van der Waals surface area contributed by atoms with Crippen LogP contribution in [-0.4, -0.2) is 35.2 Å². The van der Waals surface area contributed by atoms with E-state index in [1.54, 1.807) is 16.9 Å². The van der Waals surface area contributed by atoms with Gasteiger partial charge in [-0.2, -0.15) is 9.61 Å². The average molecular weight is 342 g/mol. The zero-order valence-corrected chi connectivity index (χ0v) is 13.9. The van der Waals surface area contributed by atoms with Crippen molar-refractivity contribution >= 4 is 22.2 Å². The summed E-state index contributed by atoms with van der Waals surface area (Å²) in [5.74, 6) is 1.02. The molecule has 0 amide bonds. The molecule has 0 saturated carbocycles. The third kappa shape index (κ3) is 2.05. The molecule has 3 heterocycles. The maximum atomic E-state index is 6.45. The number of nitrogens with zero attached hydrogens (tertiary/aromatic N) is 6. The van der Waals surface area contributed by atoms with E-state index in [0.717, 1.165) is 21.9 Å². The van der Waals surface area contributed by atoms with Gasteiger partial charge in [-0.05, 0) is 33.7 Å². The van der Waals surface area contributed by atoms with E-state index in [0.29, 0.717) is 22.9 Å². The van der Waals surface area contributed by atoms with Crippen LogP contribution in [0.4, 0.5) is 5.82 Å². The van der Waals surface area contributed by atoms with Crippen LogP contribution in [0.2, 0.25) is 0 Å². The first kappa shape index (κ1) is 14.5. The van der Waals surface area contributed by atoms with E-state index in [-0.39, 0.29) is 0 Å². The third-order valence-corrected chi connectivity index (χ3v) is 4.49. The highest BCUT2D eigenvalue weighted by Crippen LogP contribution is 2.33. The number of aromatic amines is 1. The molecular weight excluding hydrogens is 328 g/mol. The Morgan fingerprint density at radius 2 is 1.96 bits per heavy atom. The second kappa shape index (κ2) is 5.35. The van der Waals surface area contributed by atoms with Crippen LogP contribution < -0.4 is 5.73 Å². The van der Waals surface area contributed by atoms with Crippen LogP contribution in [0.1, 0.15) is 5.56 Å². The summed E-state index contributed by atoms with van der Waals surface area (Å²) in [4.78, 5) is 4.57. The van der Waals surface area contributed by atoms with Gasteiger partial charge in [0.2, 0.25) is 0 Å². The van der Waals surface area contributed by atoms with Crippen molar-refractivity contribution in [2.45, 2.75) is 6.92 Å². The Labute approximate surface area is 147 Å². The summed E-state index contributed by atoms with van der Waals surface area (Å²) in [6.07, 6.45) is 3.43. The maximum Gasteiger partial charge on any atom is 0.184 e. The molecule has 0 bridgehead atoms. The third-order valence-electron chi connectivity index (χ3n) is 4.49. The number of hydrogen-bond donors (Lipinski definition) is 2. The molecule has 0 fully saturated rings. The number of H-pyrrole nitrogens is 1. The van der Waals surface area contributed by atoms with Crippen LogP contribution in [0.3, 0.4) is 0 Å². The van der Waals surface area contributed by atoms with Crippen LogP contribution in [0.25, 0.3) is 38.9 Å². The van der Waals surface area contributed by atoms with Gasteiger partial charge in [-0.25, -0.2) is 10.1 Å². The fraction of sp³-hybridized carbons (Fsp3) is 0.0556. The molecule has 5 aromatic rings. The summed E-state index contributed by atoms with van der Waals surface area (Å²) >= 11 is 0. The number of aromatic nitrogens is 7. The van der Waals surface area contributed by atoms with Crippen molar-refractivity contribution < 1.29 is 0 Å². The number of rotatable bonds is 2. The highest BCUT2D eigenvalue weighted by Gasteiger charge is 2.16. The van der Waals surface area contributed by atoms with Crippen molar-refractivity contribution in [3.63, 3.8) is 0 Å². The fourth-order valence-electron chi connectivity index (χ4n) is 3.22. The van der Waals surface area contributed by atoms with Crippen LogP contribution in [0.15, 0.2) is 48.8 Å². The summed E-state index contributed by atoms with van der Waals surface area (Å²) in [5.41, 5.74) is 10.8. The number of tetrazole rings is 1. The Balaban J connectivity index is 1.77. The number of nitrogens with two attached hydrogens (primary N) is 1. The van der Waals surface area contributed by atoms with E-state index in [9.17, 15) is 0 Å². The molecule has 0 radical (unpaired) electrons. The van der Waals surface area contributed by atoms with E-state index in [1.165, 1.54) is 5.56 Å². The molecule has 26 heavy (non-hydrogen) atoms. The quantitative estimate of drug-likeness (QED) is 0.510. The summed E-state index contributed by atoms with van der Waals surface area (Å²) in [6.45, 7) is 2.08. The lowest BCUT2D eigenvalue weighted by molar-refractivity contribution is 0.881. The summed E-state index contributed by atoms with van der Waals surface area (Å²) in [6, 6.07) is 12.5. The van der Waals surface area contributed by atoms with Gasteiger partial charge >= 0.3 is 0 Å². The molecule has 126 valence electrons.